The minimum Gasteiger partial charge on any atom is -0.338 e. The van der Waals surface area contributed by atoms with Gasteiger partial charge in [-0.15, -0.1) is 0 Å². The molecular formula is C14H17FN4O. The van der Waals surface area contributed by atoms with Crippen LogP contribution in [0.4, 0.5) is 14.9 Å². The fraction of sp³-hybridized carbons (Fsp3) is 0.286. The third kappa shape index (κ3) is 4.08. The number of anilines is 1. The first-order valence-corrected chi connectivity index (χ1v) is 6.42. The topological polar surface area (TPSA) is 59.0 Å². The van der Waals surface area contributed by atoms with Crippen molar-refractivity contribution >= 4 is 11.7 Å². The molecule has 5 nitrogen and oxygen atoms in total. The highest BCUT2D eigenvalue weighted by Gasteiger charge is 2.06. The van der Waals surface area contributed by atoms with E-state index in [-0.39, 0.29) is 5.69 Å². The predicted octanol–water partition coefficient (Wildman–Crippen LogP) is 2.54. The summed E-state index contributed by atoms with van der Waals surface area (Å²) in [5.41, 5.74) is 1.08. The largest absolute Gasteiger partial charge is 0.338 e. The quantitative estimate of drug-likeness (QED) is 0.824. The van der Waals surface area contributed by atoms with Gasteiger partial charge in [-0.3, -0.25) is 0 Å². The summed E-state index contributed by atoms with van der Waals surface area (Å²) >= 11 is 0. The first-order valence-electron chi connectivity index (χ1n) is 6.42. The molecule has 1 aromatic carbocycles. The predicted molar refractivity (Wildman–Crippen MR) is 75.0 cm³/mol. The van der Waals surface area contributed by atoms with Crippen molar-refractivity contribution in [2.24, 2.45) is 0 Å². The molecule has 0 aliphatic carbocycles. The number of hydrogen-bond donors (Lipinski definition) is 2. The highest BCUT2D eigenvalue weighted by atomic mass is 19.1. The third-order valence-corrected chi connectivity index (χ3v) is 2.81. The Labute approximate surface area is 116 Å². The number of carbonyl (C=O) groups is 1. The minimum atomic E-state index is -0.441. The standard InChI is InChI=1S/C14H17FN4O/c1-11-3-4-12(15)13(9-11)18-14(20)17-5-2-7-19-8-6-16-10-19/h3-4,6,8-10H,2,5,7H2,1H3,(H2,17,18,20). The summed E-state index contributed by atoms with van der Waals surface area (Å²) in [7, 11) is 0. The van der Waals surface area contributed by atoms with Crippen LogP contribution in [0.5, 0.6) is 0 Å². The number of nitrogens with zero attached hydrogens (tertiary/aromatic N) is 2. The number of urea groups is 1. The average Bonchev–Trinajstić information content (AvgIpc) is 2.92. The number of benzene rings is 1. The fourth-order valence-corrected chi connectivity index (χ4v) is 1.78. The van der Waals surface area contributed by atoms with Gasteiger partial charge in [-0.05, 0) is 31.0 Å². The Morgan fingerprint density at radius 3 is 3.05 bits per heavy atom. The number of nitrogens with one attached hydrogen (secondary N) is 2. The van der Waals surface area contributed by atoms with E-state index >= 15 is 0 Å². The lowest BCUT2D eigenvalue weighted by molar-refractivity contribution is 0.251. The van der Waals surface area contributed by atoms with Gasteiger partial charge in [0.15, 0.2) is 0 Å². The molecule has 0 bridgehead atoms. The van der Waals surface area contributed by atoms with Crippen molar-refractivity contribution in [1.82, 2.24) is 14.9 Å². The molecule has 20 heavy (non-hydrogen) atoms. The Bertz CT molecular complexity index is 569. The average molecular weight is 276 g/mol. The molecule has 0 fully saturated rings. The maximum atomic E-state index is 13.5. The third-order valence-electron chi connectivity index (χ3n) is 2.81. The molecule has 0 spiro atoms. The molecule has 1 heterocycles. The summed E-state index contributed by atoms with van der Waals surface area (Å²) in [6.07, 6.45) is 6.07. The summed E-state index contributed by atoms with van der Waals surface area (Å²) in [5, 5.41) is 5.19. The number of imidazole rings is 1. The van der Waals surface area contributed by atoms with E-state index in [1.54, 1.807) is 24.7 Å². The van der Waals surface area contributed by atoms with E-state index in [9.17, 15) is 9.18 Å². The maximum Gasteiger partial charge on any atom is 0.319 e. The molecule has 2 N–H and O–H groups in total. The van der Waals surface area contributed by atoms with Crippen LogP contribution in [0.25, 0.3) is 0 Å². The van der Waals surface area contributed by atoms with Gasteiger partial charge in [0.05, 0.1) is 12.0 Å². The number of hydrogen-bond acceptors (Lipinski definition) is 2. The summed E-state index contributed by atoms with van der Waals surface area (Å²) < 4.78 is 15.4. The lowest BCUT2D eigenvalue weighted by atomic mass is 10.2. The van der Waals surface area contributed by atoms with Gasteiger partial charge in [0.2, 0.25) is 0 Å². The Morgan fingerprint density at radius 1 is 1.45 bits per heavy atom. The molecule has 0 unspecified atom stereocenters. The second-order valence-corrected chi connectivity index (χ2v) is 4.52. The van der Waals surface area contributed by atoms with Crippen LogP contribution in [0.15, 0.2) is 36.9 Å². The van der Waals surface area contributed by atoms with Gasteiger partial charge in [0.1, 0.15) is 5.82 Å². The van der Waals surface area contributed by atoms with Crippen LogP contribution in [0.3, 0.4) is 0 Å². The van der Waals surface area contributed by atoms with Gasteiger partial charge in [0.25, 0.3) is 0 Å². The smallest absolute Gasteiger partial charge is 0.319 e. The van der Waals surface area contributed by atoms with E-state index in [1.165, 1.54) is 6.07 Å². The summed E-state index contributed by atoms with van der Waals surface area (Å²) in [5.74, 6) is -0.441. The highest BCUT2D eigenvalue weighted by molar-refractivity contribution is 5.89. The summed E-state index contributed by atoms with van der Waals surface area (Å²) in [6, 6.07) is 4.19. The number of rotatable bonds is 5. The van der Waals surface area contributed by atoms with E-state index in [0.29, 0.717) is 6.54 Å². The Balaban J connectivity index is 1.73. The highest BCUT2D eigenvalue weighted by Crippen LogP contribution is 2.15. The Morgan fingerprint density at radius 2 is 2.30 bits per heavy atom. The van der Waals surface area contributed by atoms with Crippen molar-refractivity contribution in [2.45, 2.75) is 19.9 Å². The zero-order chi connectivity index (χ0) is 14.4. The molecule has 6 heteroatoms. The van der Waals surface area contributed by atoms with Gasteiger partial charge in [0, 0.05) is 25.5 Å². The lowest BCUT2D eigenvalue weighted by Gasteiger charge is -2.09. The van der Waals surface area contributed by atoms with Crippen LogP contribution in [0.1, 0.15) is 12.0 Å². The van der Waals surface area contributed by atoms with Crippen molar-refractivity contribution in [3.05, 3.63) is 48.3 Å². The zero-order valence-electron chi connectivity index (χ0n) is 11.3. The van der Waals surface area contributed by atoms with Crippen LogP contribution in [-0.2, 0) is 6.54 Å². The van der Waals surface area contributed by atoms with E-state index in [4.69, 9.17) is 0 Å². The first-order chi connectivity index (χ1) is 9.65. The second kappa shape index (κ2) is 6.70. The van der Waals surface area contributed by atoms with Gasteiger partial charge in [-0.25, -0.2) is 14.2 Å². The van der Waals surface area contributed by atoms with Crippen LogP contribution < -0.4 is 10.6 Å². The monoisotopic (exact) mass is 276 g/mol. The van der Waals surface area contributed by atoms with Crippen molar-refractivity contribution in [3.63, 3.8) is 0 Å². The Hall–Kier alpha value is -2.37. The normalized spacial score (nSPS) is 10.3. The summed E-state index contributed by atoms with van der Waals surface area (Å²) in [4.78, 5) is 15.6. The van der Waals surface area contributed by atoms with E-state index < -0.39 is 11.8 Å². The number of amides is 2. The van der Waals surface area contributed by atoms with Gasteiger partial charge >= 0.3 is 6.03 Å². The molecule has 0 aliphatic heterocycles. The molecule has 0 atom stereocenters. The molecule has 0 radical (unpaired) electrons. The lowest BCUT2D eigenvalue weighted by Crippen LogP contribution is -2.30. The van der Waals surface area contributed by atoms with E-state index in [2.05, 4.69) is 15.6 Å². The zero-order valence-corrected chi connectivity index (χ0v) is 11.3. The maximum absolute atomic E-state index is 13.5. The van der Waals surface area contributed by atoms with E-state index in [0.717, 1.165) is 18.5 Å². The molecular weight excluding hydrogens is 259 g/mol. The van der Waals surface area contributed by atoms with Crippen LogP contribution in [-0.4, -0.2) is 22.1 Å². The Kier molecular flexibility index (Phi) is 4.70. The van der Waals surface area contributed by atoms with Crippen LogP contribution >= 0.6 is 0 Å². The second-order valence-electron chi connectivity index (χ2n) is 4.52. The minimum absolute atomic E-state index is 0.192. The molecule has 0 saturated carbocycles. The number of aromatic nitrogens is 2. The SMILES string of the molecule is Cc1ccc(F)c(NC(=O)NCCCn2ccnc2)c1. The van der Waals surface area contributed by atoms with Crippen molar-refractivity contribution in [1.29, 1.82) is 0 Å². The van der Waals surface area contributed by atoms with Gasteiger partial charge < -0.3 is 15.2 Å². The molecule has 1 aromatic heterocycles. The fourth-order valence-electron chi connectivity index (χ4n) is 1.78. The van der Waals surface area contributed by atoms with Crippen LogP contribution in [0, 0.1) is 12.7 Å². The molecule has 106 valence electrons. The van der Waals surface area contributed by atoms with Gasteiger partial charge in [-0.2, -0.15) is 0 Å². The van der Waals surface area contributed by atoms with Crippen LogP contribution in [0.2, 0.25) is 0 Å². The van der Waals surface area contributed by atoms with Crippen molar-refractivity contribution in [3.8, 4) is 0 Å². The first kappa shape index (κ1) is 14.0. The van der Waals surface area contributed by atoms with E-state index in [1.807, 2.05) is 17.7 Å². The molecule has 2 aromatic rings. The number of carbonyl (C=O) groups excluding carboxylic acids is 1. The molecule has 0 saturated heterocycles. The molecule has 2 amide bonds. The van der Waals surface area contributed by atoms with Crippen molar-refractivity contribution in [2.75, 3.05) is 11.9 Å². The number of halogens is 1. The van der Waals surface area contributed by atoms with Gasteiger partial charge in [-0.1, -0.05) is 6.07 Å². The summed E-state index contributed by atoms with van der Waals surface area (Å²) in [6.45, 7) is 3.13. The molecule has 0 aliphatic rings. The molecule has 2 rings (SSSR count). The number of aryl methyl sites for hydroxylation is 2. The van der Waals surface area contributed by atoms with Crippen molar-refractivity contribution < 1.29 is 9.18 Å².